The molecule has 194 valence electrons. The highest BCUT2D eigenvalue weighted by atomic mass is 32.1. The van der Waals surface area contributed by atoms with E-state index >= 15 is 0 Å². The Hall–Kier alpha value is -3.39. The van der Waals surface area contributed by atoms with E-state index in [1.807, 2.05) is 29.6 Å². The number of unbranched alkanes of at least 4 members (excludes halogenated alkanes) is 1. The lowest BCUT2D eigenvalue weighted by molar-refractivity contribution is -0.149. The number of ether oxygens (including phenoxy) is 1. The Morgan fingerprint density at radius 2 is 1.78 bits per heavy atom. The van der Waals surface area contributed by atoms with E-state index in [2.05, 4.69) is 31.4 Å². The zero-order valence-corrected chi connectivity index (χ0v) is 22.1. The van der Waals surface area contributed by atoms with E-state index < -0.39 is 23.8 Å². The summed E-state index contributed by atoms with van der Waals surface area (Å²) in [5.41, 5.74) is 5.46. The van der Waals surface area contributed by atoms with E-state index in [1.54, 1.807) is 12.1 Å². The van der Waals surface area contributed by atoms with E-state index in [1.165, 1.54) is 48.1 Å². The quantitative estimate of drug-likeness (QED) is 0.316. The van der Waals surface area contributed by atoms with Crippen molar-refractivity contribution >= 4 is 29.2 Å². The molecule has 0 saturated carbocycles. The molecule has 0 bridgehead atoms. The van der Waals surface area contributed by atoms with Gasteiger partial charge in [0.2, 0.25) is 0 Å². The molecular formula is C28H35NO6S. The Morgan fingerprint density at radius 1 is 1.08 bits per heavy atom. The summed E-state index contributed by atoms with van der Waals surface area (Å²) in [5, 5.41) is 19.7. The zero-order chi connectivity index (χ0) is 26.7. The summed E-state index contributed by atoms with van der Waals surface area (Å²) < 4.78 is 7.05. The van der Waals surface area contributed by atoms with Gasteiger partial charge in [0.05, 0.1) is 11.5 Å². The second-order valence-corrected chi connectivity index (χ2v) is 9.75. The lowest BCUT2D eigenvalue weighted by Gasteiger charge is -2.12. The van der Waals surface area contributed by atoms with Crippen molar-refractivity contribution < 1.29 is 29.3 Å². The number of hydrogen-bond acceptors (Lipinski definition) is 5. The number of benzene rings is 1. The summed E-state index contributed by atoms with van der Waals surface area (Å²) in [4.78, 5) is 33.3. The van der Waals surface area contributed by atoms with Crippen molar-refractivity contribution in [2.75, 3.05) is 6.61 Å². The highest BCUT2D eigenvalue weighted by molar-refractivity contribution is 7.09. The summed E-state index contributed by atoms with van der Waals surface area (Å²) in [6.07, 6.45) is 3.89. The number of carbonyl (C=O) groups excluding carboxylic acids is 1. The van der Waals surface area contributed by atoms with Gasteiger partial charge in [0.25, 0.3) is 0 Å². The maximum absolute atomic E-state index is 10.9. The summed E-state index contributed by atoms with van der Waals surface area (Å²) in [6.45, 7) is 8.51. The predicted octanol–water partition coefficient (Wildman–Crippen LogP) is 5.75. The number of hydrogen-bond donors (Lipinski definition) is 2. The minimum absolute atomic E-state index is 0.0669. The van der Waals surface area contributed by atoms with E-state index in [4.69, 9.17) is 14.9 Å². The number of aryl methyl sites for hydroxylation is 2. The fourth-order valence-corrected chi connectivity index (χ4v) is 4.47. The predicted molar refractivity (Wildman–Crippen MR) is 141 cm³/mol. The van der Waals surface area contributed by atoms with Gasteiger partial charge in [-0.25, -0.2) is 4.79 Å². The standard InChI is InChI=1S/C18H23NO2.C10H12O4S/c1-4-5-6-17-11-13(2)14(3)19(17)12-15-7-9-16(10-8-15)18(20)21;1-7(11)14-6-8(10(12)13)5-9-3-2-4-15-9/h7-11H,4-6,12H2,1-3H3,(H,20,21);2-4,8H,5-6H2,1H3,(H,12,13). The average molecular weight is 514 g/mol. The van der Waals surface area contributed by atoms with E-state index in [0.29, 0.717) is 12.0 Å². The van der Waals surface area contributed by atoms with Crippen LogP contribution >= 0.6 is 11.3 Å². The second kappa shape index (κ2) is 14.2. The van der Waals surface area contributed by atoms with Crippen LogP contribution in [0.2, 0.25) is 0 Å². The van der Waals surface area contributed by atoms with Crippen molar-refractivity contribution in [2.24, 2.45) is 5.92 Å². The summed E-state index contributed by atoms with van der Waals surface area (Å²) in [5.74, 6) is -2.93. The molecule has 0 aliphatic carbocycles. The second-order valence-electron chi connectivity index (χ2n) is 8.72. The van der Waals surface area contributed by atoms with Crippen molar-refractivity contribution in [1.82, 2.24) is 4.57 Å². The first-order valence-electron chi connectivity index (χ1n) is 12.0. The van der Waals surface area contributed by atoms with Gasteiger partial charge in [-0.2, -0.15) is 0 Å². The maximum atomic E-state index is 10.9. The molecule has 0 fully saturated rings. The molecule has 1 unspecified atom stereocenters. The third-order valence-electron chi connectivity index (χ3n) is 5.90. The number of carbonyl (C=O) groups is 3. The highest BCUT2D eigenvalue weighted by Crippen LogP contribution is 2.19. The average Bonchev–Trinajstić information content (AvgIpc) is 3.44. The van der Waals surface area contributed by atoms with E-state index in [9.17, 15) is 14.4 Å². The van der Waals surface area contributed by atoms with Crippen LogP contribution in [0.3, 0.4) is 0 Å². The molecule has 0 aliphatic heterocycles. The Balaban J connectivity index is 0.000000269. The van der Waals surface area contributed by atoms with Crippen LogP contribution in [0.4, 0.5) is 0 Å². The molecule has 7 nitrogen and oxygen atoms in total. The van der Waals surface area contributed by atoms with Crippen molar-refractivity contribution in [1.29, 1.82) is 0 Å². The molecule has 8 heteroatoms. The van der Waals surface area contributed by atoms with Crippen molar-refractivity contribution in [3.05, 3.63) is 80.8 Å². The normalized spacial score (nSPS) is 11.3. The number of esters is 1. The number of carboxylic acids is 2. The molecule has 3 rings (SSSR count). The third kappa shape index (κ3) is 9.00. The molecule has 0 aliphatic rings. The van der Waals surface area contributed by atoms with Gasteiger partial charge in [0.15, 0.2) is 0 Å². The van der Waals surface area contributed by atoms with E-state index in [-0.39, 0.29) is 6.61 Å². The van der Waals surface area contributed by atoms with Crippen molar-refractivity contribution in [2.45, 2.75) is 59.9 Å². The Labute approximate surface area is 216 Å². The van der Waals surface area contributed by atoms with Gasteiger partial charge < -0.3 is 19.5 Å². The van der Waals surface area contributed by atoms with Crippen LogP contribution in [0, 0.1) is 19.8 Å². The van der Waals surface area contributed by atoms with Gasteiger partial charge in [-0.1, -0.05) is 31.5 Å². The fraction of sp³-hybridized carbons (Fsp3) is 0.393. The first kappa shape index (κ1) is 28.8. The molecule has 1 aromatic carbocycles. The van der Waals surface area contributed by atoms with Crippen LogP contribution in [0.1, 0.15) is 64.4 Å². The molecule has 2 N–H and O–H groups in total. The molecule has 0 radical (unpaired) electrons. The maximum Gasteiger partial charge on any atom is 0.335 e. The Kier molecular flexibility index (Phi) is 11.4. The molecule has 0 spiro atoms. The van der Waals surface area contributed by atoms with Gasteiger partial charge in [0, 0.05) is 29.7 Å². The van der Waals surface area contributed by atoms with Crippen LogP contribution in [0.25, 0.3) is 0 Å². The Morgan fingerprint density at radius 3 is 2.31 bits per heavy atom. The topological polar surface area (TPSA) is 106 Å². The SMILES string of the molecule is CC(=O)OCC(Cc1cccs1)C(=O)O.CCCCc1cc(C)c(C)n1Cc1ccc(C(=O)O)cc1. The third-order valence-corrected chi connectivity index (χ3v) is 6.80. The van der Waals surface area contributed by atoms with Gasteiger partial charge >= 0.3 is 17.9 Å². The number of thiophene rings is 1. The van der Waals surface area contributed by atoms with Gasteiger partial charge in [-0.15, -0.1) is 11.3 Å². The number of rotatable bonds is 11. The van der Waals surface area contributed by atoms with Crippen molar-refractivity contribution in [3.8, 4) is 0 Å². The van der Waals surface area contributed by atoms with Crippen LogP contribution in [-0.2, 0) is 33.7 Å². The molecule has 0 amide bonds. The number of carboxylic acid groups (broad SMARTS) is 2. The summed E-state index contributed by atoms with van der Waals surface area (Å²) >= 11 is 1.50. The minimum atomic E-state index is -0.940. The molecule has 2 aromatic heterocycles. The van der Waals surface area contributed by atoms with Crippen LogP contribution in [-0.4, -0.2) is 39.3 Å². The smallest absolute Gasteiger partial charge is 0.335 e. The zero-order valence-electron chi connectivity index (χ0n) is 21.3. The number of aromatic nitrogens is 1. The van der Waals surface area contributed by atoms with Gasteiger partial charge in [-0.05, 0) is 73.9 Å². The Bertz CT molecular complexity index is 1130. The lowest BCUT2D eigenvalue weighted by atomic mass is 10.1. The van der Waals surface area contributed by atoms with Crippen LogP contribution < -0.4 is 0 Å². The first-order chi connectivity index (χ1) is 17.1. The number of aliphatic carboxylic acids is 1. The number of aromatic carboxylic acids is 1. The molecule has 3 aromatic rings. The van der Waals surface area contributed by atoms with Crippen LogP contribution in [0.5, 0.6) is 0 Å². The highest BCUT2D eigenvalue weighted by Gasteiger charge is 2.20. The first-order valence-corrected chi connectivity index (χ1v) is 12.9. The molecule has 1 atom stereocenters. The van der Waals surface area contributed by atoms with Crippen molar-refractivity contribution in [3.63, 3.8) is 0 Å². The van der Waals surface area contributed by atoms with Gasteiger partial charge in [0.1, 0.15) is 6.61 Å². The fourth-order valence-electron chi connectivity index (χ4n) is 3.69. The lowest BCUT2D eigenvalue weighted by Crippen LogP contribution is -2.23. The number of nitrogens with zero attached hydrogens (tertiary/aromatic N) is 1. The molecular weight excluding hydrogens is 478 g/mol. The molecule has 36 heavy (non-hydrogen) atoms. The minimum Gasteiger partial charge on any atom is -0.481 e. The van der Waals surface area contributed by atoms with Gasteiger partial charge in [-0.3, -0.25) is 9.59 Å². The molecule has 0 saturated heterocycles. The monoisotopic (exact) mass is 513 g/mol. The molecule has 2 heterocycles. The largest absolute Gasteiger partial charge is 0.481 e. The van der Waals surface area contributed by atoms with E-state index in [0.717, 1.165) is 23.4 Å². The van der Waals surface area contributed by atoms with Crippen LogP contribution in [0.15, 0.2) is 47.8 Å². The summed E-state index contributed by atoms with van der Waals surface area (Å²) in [7, 11) is 0. The summed E-state index contributed by atoms with van der Waals surface area (Å²) in [6, 6.07) is 13.2.